The summed E-state index contributed by atoms with van der Waals surface area (Å²) in [5, 5.41) is 12.2. The predicted octanol–water partition coefficient (Wildman–Crippen LogP) is 5.66. The lowest BCUT2D eigenvalue weighted by atomic mass is 9.98. The van der Waals surface area contributed by atoms with E-state index < -0.39 is 18.1 Å². The van der Waals surface area contributed by atoms with Crippen molar-refractivity contribution in [1.82, 2.24) is 5.32 Å². The fourth-order valence-corrected chi connectivity index (χ4v) is 5.24. The van der Waals surface area contributed by atoms with Gasteiger partial charge in [0.05, 0.1) is 30.1 Å². The Labute approximate surface area is 211 Å². The van der Waals surface area contributed by atoms with Gasteiger partial charge < -0.3 is 24.6 Å². The van der Waals surface area contributed by atoms with E-state index in [4.69, 9.17) is 14.2 Å². The normalized spacial score (nSPS) is 14.9. The lowest BCUT2D eigenvalue weighted by Crippen LogP contribution is -2.31. The zero-order valence-corrected chi connectivity index (χ0v) is 20.4. The number of amides is 1. The minimum atomic E-state index is -1.04. The predicted molar refractivity (Wildman–Crippen MR) is 133 cm³/mol. The third-order valence-corrected chi connectivity index (χ3v) is 6.83. The lowest BCUT2D eigenvalue weighted by molar-refractivity contribution is -0.137. The monoisotopic (exact) mass is 537 g/mol. The fourth-order valence-electron chi connectivity index (χ4n) is 4.66. The van der Waals surface area contributed by atoms with Crippen LogP contribution in [-0.4, -0.2) is 37.0 Å². The first-order valence-corrected chi connectivity index (χ1v) is 12.2. The molecule has 2 aliphatic rings. The molecule has 0 saturated heterocycles. The summed E-state index contributed by atoms with van der Waals surface area (Å²) in [6, 6.07) is 18.8. The number of carbonyl (C=O) groups is 2. The van der Waals surface area contributed by atoms with Crippen molar-refractivity contribution >= 4 is 28.0 Å². The van der Waals surface area contributed by atoms with Crippen molar-refractivity contribution in [2.45, 2.75) is 24.8 Å². The van der Waals surface area contributed by atoms with Crippen LogP contribution in [-0.2, 0) is 9.53 Å². The van der Waals surface area contributed by atoms with Crippen molar-refractivity contribution < 1.29 is 28.9 Å². The summed E-state index contributed by atoms with van der Waals surface area (Å²) >= 11 is 3.48. The van der Waals surface area contributed by atoms with Crippen molar-refractivity contribution in [1.29, 1.82) is 0 Å². The Balaban J connectivity index is 1.33. The van der Waals surface area contributed by atoms with E-state index in [1.807, 2.05) is 36.4 Å². The van der Waals surface area contributed by atoms with Crippen molar-refractivity contribution in [2.75, 3.05) is 19.8 Å². The third kappa shape index (κ3) is 4.84. The highest BCUT2D eigenvalue weighted by Gasteiger charge is 2.30. The zero-order chi connectivity index (χ0) is 24.4. The number of ether oxygens (including phenoxy) is 3. The maximum absolute atomic E-state index is 12.8. The molecule has 1 aliphatic heterocycles. The van der Waals surface area contributed by atoms with Crippen LogP contribution in [0, 0.1) is 0 Å². The van der Waals surface area contributed by atoms with Crippen LogP contribution in [0.5, 0.6) is 11.5 Å². The Morgan fingerprint density at radius 1 is 1.03 bits per heavy atom. The topological polar surface area (TPSA) is 94.1 Å². The summed E-state index contributed by atoms with van der Waals surface area (Å²) in [4.78, 5) is 24.4. The second-order valence-electron chi connectivity index (χ2n) is 8.50. The zero-order valence-electron chi connectivity index (χ0n) is 18.8. The fraction of sp³-hybridized carbons (Fsp3) is 0.259. The van der Waals surface area contributed by atoms with E-state index in [2.05, 4.69) is 33.4 Å². The first kappa shape index (κ1) is 23.2. The Hall–Kier alpha value is -3.52. The van der Waals surface area contributed by atoms with Gasteiger partial charge in [-0.05, 0) is 55.9 Å². The minimum Gasteiger partial charge on any atom is -0.490 e. The molecule has 0 bridgehead atoms. The van der Waals surface area contributed by atoms with Gasteiger partial charge in [0.15, 0.2) is 11.5 Å². The standard InChI is InChI=1S/C27H24BrNO6/c28-22-12-16(13-24-26(22)34-11-5-10-33-24)23(14-25(30)31)29-27(32)35-15-21-19-8-3-1-6-17(19)18-7-2-4-9-20(18)21/h1-4,6-9,12-13,21,23H,5,10-11,14-15H2,(H,29,32)(H,30,31). The third-order valence-electron chi connectivity index (χ3n) is 6.24. The maximum Gasteiger partial charge on any atom is 0.407 e. The van der Waals surface area contributed by atoms with Crippen LogP contribution in [0.4, 0.5) is 4.79 Å². The highest BCUT2D eigenvalue weighted by Crippen LogP contribution is 2.44. The highest BCUT2D eigenvalue weighted by atomic mass is 79.9. The summed E-state index contributed by atoms with van der Waals surface area (Å²) in [5.41, 5.74) is 5.07. The van der Waals surface area contributed by atoms with E-state index in [1.54, 1.807) is 12.1 Å². The Morgan fingerprint density at radius 2 is 1.69 bits per heavy atom. The number of alkyl carbamates (subject to hydrolysis) is 1. The smallest absolute Gasteiger partial charge is 0.407 e. The Bertz CT molecular complexity index is 1230. The summed E-state index contributed by atoms with van der Waals surface area (Å²) in [7, 11) is 0. The number of fused-ring (bicyclic) bond motifs is 4. The summed E-state index contributed by atoms with van der Waals surface area (Å²) in [5.74, 6) is -0.0477. The van der Waals surface area contributed by atoms with Crippen LogP contribution < -0.4 is 14.8 Å². The van der Waals surface area contributed by atoms with Gasteiger partial charge in [-0.3, -0.25) is 4.79 Å². The molecule has 0 spiro atoms. The van der Waals surface area contributed by atoms with Crippen molar-refractivity contribution in [3.8, 4) is 22.6 Å². The van der Waals surface area contributed by atoms with E-state index in [0.717, 1.165) is 28.7 Å². The number of nitrogens with one attached hydrogen (secondary N) is 1. The summed E-state index contributed by atoms with van der Waals surface area (Å²) in [6.07, 6.45) is -0.245. The number of hydrogen-bond donors (Lipinski definition) is 2. The molecule has 1 amide bonds. The van der Waals surface area contributed by atoms with Crippen LogP contribution in [0.3, 0.4) is 0 Å². The van der Waals surface area contributed by atoms with Crippen molar-refractivity contribution in [2.24, 2.45) is 0 Å². The molecule has 0 aromatic heterocycles. The molecular weight excluding hydrogens is 514 g/mol. The van der Waals surface area contributed by atoms with E-state index in [0.29, 0.717) is 34.7 Å². The Kier molecular flexibility index (Phi) is 6.63. The molecule has 2 N–H and O–H groups in total. The van der Waals surface area contributed by atoms with Gasteiger partial charge in [0.25, 0.3) is 0 Å². The molecule has 1 aliphatic carbocycles. The van der Waals surface area contributed by atoms with Gasteiger partial charge in [0, 0.05) is 12.3 Å². The number of carboxylic acids is 1. The van der Waals surface area contributed by atoms with Gasteiger partial charge in [-0.2, -0.15) is 0 Å². The molecule has 1 heterocycles. The lowest BCUT2D eigenvalue weighted by Gasteiger charge is -2.21. The van der Waals surface area contributed by atoms with Crippen LogP contribution in [0.2, 0.25) is 0 Å². The molecule has 0 radical (unpaired) electrons. The number of benzene rings is 3. The summed E-state index contributed by atoms with van der Waals surface area (Å²) in [6.45, 7) is 1.16. The second kappa shape index (κ2) is 10.00. The molecule has 0 fully saturated rings. The number of rotatable bonds is 6. The van der Waals surface area contributed by atoms with E-state index in [-0.39, 0.29) is 18.9 Å². The van der Waals surface area contributed by atoms with Gasteiger partial charge in [0.1, 0.15) is 6.61 Å². The highest BCUT2D eigenvalue weighted by molar-refractivity contribution is 9.10. The van der Waals surface area contributed by atoms with E-state index >= 15 is 0 Å². The average Bonchev–Trinajstić information content (AvgIpc) is 2.97. The first-order valence-electron chi connectivity index (χ1n) is 11.4. The largest absolute Gasteiger partial charge is 0.490 e. The number of aliphatic carboxylic acids is 1. The molecule has 1 atom stereocenters. The maximum atomic E-state index is 12.8. The van der Waals surface area contributed by atoms with Crippen LogP contribution in [0.25, 0.3) is 11.1 Å². The number of carbonyl (C=O) groups excluding carboxylic acids is 1. The number of halogens is 1. The molecule has 1 unspecified atom stereocenters. The van der Waals surface area contributed by atoms with Gasteiger partial charge in [-0.15, -0.1) is 0 Å². The van der Waals surface area contributed by atoms with Gasteiger partial charge >= 0.3 is 12.1 Å². The van der Waals surface area contributed by atoms with Crippen molar-refractivity contribution in [3.05, 3.63) is 81.8 Å². The molecule has 5 rings (SSSR count). The molecule has 8 heteroatoms. The molecule has 0 saturated carbocycles. The number of carboxylic acid groups (broad SMARTS) is 1. The van der Waals surface area contributed by atoms with E-state index in [9.17, 15) is 14.7 Å². The quantitative estimate of drug-likeness (QED) is 0.421. The molecule has 3 aromatic carbocycles. The van der Waals surface area contributed by atoms with E-state index in [1.165, 1.54) is 0 Å². The van der Waals surface area contributed by atoms with Crippen LogP contribution >= 0.6 is 15.9 Å². The first-order chi connectivity index (χ1) is 17.0. The molecule has 180 valence electrons. The SMILES string of the molecule is O=C(O)CC(NC(=O)OCC1c2ccccc2-c2ccccc21)c1cc(Br)c2c(c1)OCCCO2. The average molecular weight is 538 g/mol. The minimum absolute atomic E-state index is 0.0849. The van der Waals surface area contributed by atoms with Crippen LogP contribution in [0.15, 0.2) is 65.1 Å². The molecular formula is C27H24BrNO6. The van der Waals surface area contributed by atoms with Gasteiger partial charge in [-0.25, -0.2) is 4.79 Å². The van der Waals surface area contributed by atoms with Gasteiger partial charge in [0.2, 0.25) is 0 Å². The van der Waals surface area contributed by atoms with Gasteiger partial charge in [-0.1, -0.05) is 48.5 Å². The molecule has 3 aromatic rings. The summed E-state index contributed by atoms with van der Waals surface area (Å²) < 4.78 is 17.8. The second-order valence-corrected chi connectivity index (χ2v) is 9.36. The molecule has 35 heavy (non-hydrogen) atoms. The molecule has 7 nitrogen and oxygen atoms in total. The van der Waals surface area contributed by atoms with Crippen molar-refractivity contribution in [3.63, 3.8) is 0 Å². The number of hydrogen-bond acceptors (Lipinski definition) is 5. The Morgan fingerprint density at radius 3 is 2.37 bits per heavy atom. The van der Waals surface area contributed by atoms with Crippen LogP contribution in [0.1, 0.15) is 41.5 Å².